The van der Waals surface area contributed by atoms with Crippen LogP contribution in [-0.2, 0) is 0 Å². The molecule has 0 unspecified atom stereocenters. The molecule has 34 heavy (non-hydrogen) atoms. The van der Waals surface area contributed by atoms with Crippen LogP contribution in [0.15, 0.2) is 42.6 Å². The van der Waals surface area contributed by atoms with Gasteiger partial charge in [0.15, 0.2) is 0 Å². The number of hydrogen-bond acceptors (Lipinski definition) is 5. The van der Waals surface area contributed by atoms with Gasteiger partial charge in [-0.3, -0.25) is 10.00 Å². The van der Waals surface area contributed by atoms with Crippen LogP contribution in [0.25, 0.3) is 33.5 Å². The minimum Gasteiger partial charge on any atom is -0.354 e. The van der Waals surface area contributed by atoms with Crippen molar-refractivity contribution >= 4 is 16.9 Å². The predicted octanol–water partition coefficient (Wildman–Crippen LogP) is 5.14. The topological polar surface area (TPSA) is 60.9 Å². The summed E-state index contributed by atoms with van der Waals surface area (Å²) in [4.78, 5) is 15.0. The van der Waals surface area contributed by atoms with Crippen LogP contribution in [0.2, 0.25) is 0 Å². The second kappa shape index (κ2) is 8.20. The Balaban J connectivity index is 1.32. The van der Waals surface area contributed by atoms with Gasteiger partial charge in [0, 0.05) is 49.5 Å². The van der Waals surface area contributed by atoms with Crippen molar-refractivity contribution in [3.8, 4) is 22.5 Å². The van der Waals surface area contributed by atoms with Gasteiger partial charge >= 0.3 is 0 Å². The molecule has 6 nitrogen and oxygen atoms in total. The van der Waals surface area contributed by atoms with Crippen LogP contribution >= 0.6 is 0 Å². The van der Waals surface area contributed by atoms with Gasteiger partial charge < -0.3 is 4.90 Å². The molecular weight excluding hydrogens is 420 g/mol. The number of piperazine rings is 1. The Morgan fingerprint density at radius 2 is 1.85 bits per heavy atom. The molecule has 5 heterocycles. The summed E-state index contributed by atoms with van der Waals surface area (Å²) in [5.74, 6) is 1.86. The first kappa shape index (κ1) is 21.3. The Morgan fingerprint density at radius 3 is 2.68 bits per heavy atom. The molecule has 0 radical (unpaired) electrons. The van der Waals surface area contributed by atoms with Crippen LogP contribution in [0, 0.1) is 26.7 Å². The molecule has 2 aliphatic heterocycles. The quantitative estimate of drug-likeness (QED) is 0.466. The molecule has 2 aliphatic rings. The Bertz CT molecular complexity index is 1360. The van der Waals surface area contributed by atoms with E-state index >= 15 is 0 Å². The van der Waals surface area contributed by atoms with Crippen LogP contribution in [-0.4, -0.2) is 57.3 Å². The molecule has 6 heteroatoms. The van der Waals surface area contributed by atoms with Crippen molar-refractivity contribution in [3.63, 3.8) is 0 Å². The molecule has 1 aromatic carbocycles. The molecule has 1 N–H and O–H groups in total. The Hall–Kier alpha value is -3.25. The maximum absolute atomic E-state index is 5.10. The van der Waals surface area contributed by atoms with Gasteiger partial charge in [-0.1, -0.05) is 25.1 Å². The normalized spacial score (nSPS) is 20.8. The summed E-state index contributed by atoms with van der Waals surface area (Å²) in [6, 6.07) is 13.5. The van der Waals surface area contributed by atoms with Gasteiger partial charge in [0.1, 0.15) is 17.0 Å². The third-order valence-electron chi connectivity index (χ3n) is 7.76. The van der Waals surface area contributed by atoms with Crippen molar-refractivity contribution in [2.45, 2.75) is 40.2 Å². The first-order valence-electron chi connectivity index (χ1n) is 12.4. The van der Waals surface area contributed by atoms with Gasteiger partial charge in [-0.05, 0) is 68.0 Å². The summed E-state index contributed by atoms with van der Waals surface area (Å²) >= 11 is 0. The molecule has 0 aliphatic carbocycles. The third-order valence-corrected chi connectivity index (χ3v) is 7.76. The number of nitrogens with zero attached hydrogens (tertiary/aromatic N) is 5. The Morgan fingerprint density at radius 1 is 0.971 bits per heavy atom. The van der Waals surface area contributed by atoms with Crippen LogP contribution in [0.4, 0.5) is 5.82 Å². The van der Waals surface area contributed by atoms with Crippen LogP contribution < -0.4 is 4.90 Å². The van der Waals surface area contributed by atoms with Crippen molar-refractivity contribution in [2.24, 2.45) is 5.92 Å². The molecule has 0 saturated carbocycles. The summed E-state index contributed by atoms with van der Waals surface area (Å²) < 4.78 is 0. The molecule has 0 amide bonds. The highest BCUT2D eigenvalue weighted by Gasteiger charge is 2.34. The summed E-state index contributed by atoms with van der Waals surface area (Å²) in [6.45, 7) is 13.3. The number of aromatic amines is 1. The molecule has 2 fully saturated rings. The monoisotopic (exact) mass is 452 g/mol. The number of aromatic nitrogens is 4. The minimum atomic E-state index is 0.663. The van der Waals surface area contributed by atoms with E-state index in [1.807, 2.05) is 6.20 Å². The third kappa shape index (κ3) is 3.57. The summed E-state index contributed by atoms with van der Waals surface area (Å²) in [6.07, 6.45) is 3.25. The number of hydrogen-bond donors (Lipinski definition) is 1. The first-order chi connectivity index (χ1) is 16.5. The number of aryl methyl sites for hydroxylation is 2. The largest absolute Gasteiger partial charge is 0.354 e. The summed E-state index contributed by atoms with van der Waals surface area (Å²) in [7, 11) is 0. The highest BCUT2D eigenvalue weighted by atomic mass is 15.3. The lowest BCUT2D eigenvalue weighted by Crippen LogP contribution is -2.50. The lowest BCUT2D eigenvalue weighted by Gasteiger charge is -2.38. The fourth-order valence-electron chi connectivity index (χ4n) is 5.75. The van der Waals surface area contributed by atoms with E-state index in [1.54, 1.807) is 0 Å². The standard InChI is InChI=1S/C28H32N6/c1-17-12-22-16-34(11-10-33(22)15-17)25-9-8-21(14-29-25)27-28-24(31-32-27)13-19(3)26(30-28)23-7-5-6-18(2)20(23)4/h5-9,13-14,17,22H,10-12,15-16H2,1-4H3,(H,31,32)/t17-,22+/m1/s1. The van der Waals surface area contributed by atoms with Crippen LogP contribution in [0.5, 0.6) is 0 Å². The highest BCUT2D eigenvalue weighted by molar-refractivity contribution is 5.92. The SMILES string of the molecule is Cc1cc2[nH]nc(-c3ccc(N4CCN5C[C@H](C)C[C@H]5C4)nc3)c2nc1-c1cccc(C)c1C. The zero-order chi connectivity index (χ0) is 23.4. The fourth-order valence-corrected chi connectivity index (χ4v) is 5.75. The molecule has 6 rings (SSSR count). The highest BCUT2D eigenvalue weighted by Crippen LogP contribution is 2.33. The zero-order valence-corrected chi connectivity index (χ0v) is 20.5. The number of H-pyrrole nitrogens is 1. The Labute approximate surface area is 201 Å². The molecular formula is C28H32N6. The zero-order valence-electron chi connectivity index (χ0n) is 20.5. The van der Waals surface area contributed by atoms with E-state index in [1.165, 1.54) is 29.7 Å². The van der Waals surface area contributed by atoms with E-state index in [9.17, 15) is 0 Å². The number of fused-ring (bicyclic) bond motifs is 2. The fraction of sp³-hybridized carbons (Fsp3) is 0.393. The number of anilines is 1. The van der Waals surface area contributed by atoms with Gasteiger partial charge in [0.2, 0.25) is 0 Å². The van der Waals surface area contributed by atoms with E-state index in [2.05, 4.69) is 84.1 Å². The predicted molar refractivity (Wildman–Crippen MR) is 138 cm³/mol. The molecule has 2 atom stereocenters. The van der Waals surface area contributed by atoms with Crippen molar-refractivity contribution in [1.29, 1.82) is 0 Å². The van der Waals surface area contributed by atoms with E-state index in [4.69, 9.17) is 9.97 Å². The molecule has 4 aromatic rings. The van der Waals surface area contributed by atoms with Crippen molar-refractivity contribution in [2.75, 3.05) is 31.1 Å². The Kier molecular flexibility index (Phi) is 5.14. The number of nitrogens with one attached hydrogen (secondary N) is 1. The first-order valence-corrected chi connectivity index (χ1v) is 12.4. The van der Waals surface area contributed by atoms with Crippen molar-refractivity contribution in [3.05, 3.63) is 59.3 Å². The maximum atomic E-state index is 5.10. The molecule has 3 aromatic heterocycles. The average molecular weight is 453 g/mol. The van der Waals surface area contributed by atoms with E-state index in [-0.39, 0.29) is 0 Å². The molecule has 174 valence electrons. The van der Waals surface area contributed by atoms with E-state index < -0.39 is 0 Å². The maximum Gasteiger partial charge on any atom is 0.128 e. The smallest absolute Gasteiger partial charge is 0.128 e. The lowest BCUT2D eigenvalue weighted by atomic mass is 9.97. The van der Waals surface area contributed by atoms with Gasteiger partial charge in [0.25, 0.3) is 0 Å². The van der Waals surface area contributed by atoms with E-state index in [0.717, 1.165) is 64.9 Å². The molecule has 2 saturated heterocycles. The average Bonchev–Trinajstić information content (AvgIpc) is 3.42. The van der Waals surface area contributed by atoms with Gasteiger partial charge in [0.05, 0.1) is 11.2 Å². The molecule has 0 bridgehead atoms. The van der Waals surface area contributed by atoms with E-state index in [0.29, 0.717) is 6.04 Å². The summed E-state index contributed by atoms with van der Waals surface area (Å²) in [5, 5.41) is 7.81. The summed E-state index contributed by atoms with van der Waals surface area (Å²) in [5.41, 5.74) is 9.59. The van der Waals surface area contributed by atoms with Crippen LogP contribution in [0.1, 0.15) is 30.0 Å². The van der Waals surface area contributed by atoms with Gasteiger partial charge in [-0.2, -0.15) is 5.10 Å². The van der Waals surface area contributed by atoms with Crippen molar-refractivity contribution < 1.29 is 0 Å². The van der Waals surface area contributed by atoms with Crippen molar-refractivity contribution in [1.82, 2.24) is 25.1 Å². The molecule has 0 spiro atoms. The number of pyridine rings is 2. The van der Waals surface area contributed by atoms with Crippen LogP contribution in [0.3, 0.4) is 0 Å². The second-order valence-corrected chi connectivity index (χ2v) is 10.2. The number of benzene rings is 1. The number of rotatable bonds is 3. The van der Waals surface area contributed by atoms with Gasteiger partial charge in [-0.25, -0.2) is 9.97 Å². The second-order valence-electron chi connectivity index (χ2n) is 10.2. The minimum absolute atomic E-state index is 0.663. The lowest BCUT2D eigenvalue weighted by molar-refractivity contribution is 0.228. The van der Waals surface area contributed by atoms with Gasteiger partial charge in [-0.15, -0.1) is 0 Å².